The van der Waals surface area contributed by atoms with Gasteiger partial charge in [0.05, 0.1) is 12.0 Å². The van der Waals surface area contributed by atoms with Crippen LogP contribution in [0.3, 0.4) is 0 Å². The highest BCUT2D eigenvalue weighted by molar-refractivity contribution is 14.1. The van der Waals surface area contributed by atoms with E-state index in [-0.39, 0.29) is 5.56 Å². The minimum absolute atomic E-state index is 0.109. The van der Waals surface area contributed by atoms with Crippen molar-refractivity contribution in [3.63, 3.8) is 0 Å². The van der Waals surface area contributed by atoms with E-state index in [2.05, 4.69) is 4.74 Å². The molecule has 2 N–H and O–H groups in total. The first-order chi connectivity index (χ1) is 13.9. The van der Waals surface area contributed by atoms with Gasteiger partial charge in [0.1, 0.15) is 0 Å². The van der Waals surface area contributed by atoms with Crippen LogP contribution < -0.4 is 5.32 Å². The molecule has 1 aromatic rings. The third kappa shape index (κ3) is 7.84. The SMILES string of the molecule is O=C(CCC(=O)OC(C(F)(F)F)C(F)(F)S(=O)(=O)O)NC(=O)c1cc(I)cc(I)c1I. The highest BCUT2D eigenvalue weighted by Crippen LogP contribution is 2.38. The summed E-state index contributed by atoms with van der Waals surface area (Å²) in [6, 6.07) is 3.20. The van der Waals surface area contributed by atoms with E-state index in [1.165, 1.54) is 6.07 Å². The van der Waals surface area contributed by atoms with Crippen molar-refractivity contribution in [1.82, 2.24) is 5.32 Å². The minimum atomic E-state index is -6.58. The van der Waals surface area contributed by atoms with E-state index >= 15 is 0 Å². The van der Waals surface area contributed by atoms with Crippen molar-refractivity contribution < 1.29 is 54.0 Å². The van der Waals surface area contributed by atoms with Gasteiger partial charge in [0.25, 0.3) is 12.0 Å². The van der Waals surface area contributed by atoms with Crippen LogP contribution in [0.15, 0.2) is 12.1 Å². The fourth-order valence-corrected chi connectivity index (χ4v) is 4.70. The molecule has 0 bridgehead atoms. The van der Waals surface area contributed by atoms with Crippen LogP contribution in [0.1, 0.15) is 23.2 Å². The predicted octanol–water partition coefficient (Wildman–Crippen LogP) is 3.49. The number of benzene rings is 1. The molecule has 0 aliphatic carbocycles. The molecule has 1 rings (SSSR count). The number of hydrogen-bond donors (Lipinski definition) is 2. The van der Waals surface area contributed by atoms with Crippen LogP contribution in [0.5, 0.6) is 0 Å². The number of nitrogens with one attached hydrogen (secondary N) is 1. The first kappa shape index (κ1) is 28.6. The Kier molecular flexibility index (Phi) is 9.85. The molecule has 0 radical (unpaired) electrons. The Morgan fingerprint density at radius 3 is 2.10 bits per heavy atom. The van der Waals surface area contributed by atoms with Crippen molar-refractivity contribution in [2.45, 2.75) is 30.4 Å². The van der Waals surface area contributed by atoms with Gasteiger partial charge in [-0.1, -0.05) is 0 Å². The molecule has 0 heterocycles. The second-order valence-electron chi connectivity index (χ2n) is 5.57. The van der Waals surface area contributed by atoms with Crippen molar-refractivity contribution in [2.24, 2.45) is 0 Å². The zero-order valence-corrected chi connectivity index (χ0v) is 21.8. The molecule has 0 spiro atoms. The molecule has 1 atom stereocenters. The zero-order chi connectivity index (χ0) is 24.4. The molecule has 8 nitrogen and oxygen atoms in total. The van der Waals surface area contributed by atoms with Gasteiger partial charge in [-0.2, -0.15) is 30.4 Å². The normalized spacial score (nSPS) is 13.5. The summed E-state index contributed by atoms with van der Waals surface area (Å²) in [5, 5.41) is -4.00. The van der Waals surface area contributed by atoms with Crippen LogP contribution in [0.2, 0.25) is 0 Å². The smallest absolute Gasteiger partial charge is 0.432 e. The lowest BCUT2D eigenvalue weighted by Gasteiger charge is -2.26. The highest BCUT2D eigenvalue weighted by Gasteiger charge is 2.66. The average molecular weight is 811 g/mol. The Labute approximate surface area is 212 Å². The molecular formula is C14H9F5I3NO7S. The van der Waals surface area contributed by atoms with E-state index in [0.717, 1.165) is 0 Å². The maximum atomic E-state index is 13.4. The van der Waals surface area contributed by atoms with Crippen LogP contribution in [-0.2, 0) is 24.4 Å². The Hall–Kier alpha value is -0.420. The minimum Gasteiger partial charge on any atom is -0.445 e. The monoisotopic (exact) mass is 811 g/mol. The van der Waals surface area contributed by atoms with Gasteiger partial charge in [-0.25, -0.2) is 0 Å². The number of ether oxygens (including phenoxy) is 1. The maximum Gasteiger partial charge on any atom is 0.432 e. The molecule has 0 aliphatic rings. The van der Waals surface area contributed by atoms with Crippen molar-refractivity contribution >= 4 is 95.7 Å². The fourth-order valence-electron chi connectivity index (χ4n) is 1.84. The van der Waals surface area contributed by atoms with Gasteiger partial charge < -0.3 is 4.74 Å². The lowest BCUT2D eigenvalue weighted by Crippen LogP contribution is -2.52. The number of imide groups is 1. The molecule has 0 aromatic heterocycles. The van der Waals surface area contributed by atoms with E-state index in [1.54, 1.807) is 6.07 Å². The van der Waals surface area contributed by atoms with Gasteiger partial charge in [0, 0.05) is 17.1 Å². The summed E-state index contributed by atoms with van der Waals surface area (Å²) in [4.78, 5) is 35.5. The lowest BCUT2D eigenvalue weighted by molar-refractivity contribution is -0.259. The van der Waals surface area contributed by atoms with E-state index in [1.807, 2.05) is 73.1 Å². The Balaban J connectivity index is 2.81. The van der Waals surface area contributed by atoms with Crippen molar-refractivity contribution in [3.8, 4) is 0 Å². The maximum absolute atomic E-state index is 13.4. The van der Waals surface area contributed by atoms with Crippen LogP contribution in [0.25, 0.3) is 0 Å². The van der Waals surface area contributed by atoms with Crippen LogP contribution in [-0.4, -0.2) is 48.3 Å². The Morgan fingerprint density at radius 2 is 1.61 bits per heavy atom. The van der Waals surface area contributed by atoms with Crippen molar-refractivity contribution in [2.75, 3.05) is 0 Å². The second-order valence-corrected chi connectivity index (χ2v) is 10.6. The number of carbonyl (C=O) groups is 3. The lowest BCUT2D eigenvalue weighted by atomic mass is 10.2. The van der Waals surface area contributed by atoms with E-state index < -0.39 is 58.3 Å². The van der Waals surface area contributed by atoms with Crippen LogP contribution in [0, 0.1) is 10.7 Å². The van der Waals surface area contributed by atoms with E-state index in [9.17, 15) is 44.8 Å². The van der Waals surface area contributed by atoms with Gasteiger partial charge in [0.15, 0.2) is 0 Å². The molecule has 2 amide bonds. The van der Waals surface area contributed by atoms with Crippen molar-refractivity contribution in [3.05, 3.63) is 28.4 Å². The first-order valence-electron chi connectivity index (χ1n) is 7.47. The van der Waals surface area contributed by atoms with Gasteiger partial charge in [-0.15, -0.1) is 0 Å². The summed E-state index contributed by atoms with van der Waals surface area (Å²) in [6.07, 6.45) is -12.7. The predicted molar refractivity (Wildman–Crippen MR) is 119 cm³/mol. The van der Waals surface area contributed by atoms with Crippen molar-refractivity contribution in [1.29, 1.82) is 0 Å². The summed E-state index contributed by atoms with van der Waals surface area (Å²) in [7, 11) is -6.58. The fraction of sp³-hybridized carbons (Fsp3) is 0.357. The number of hydrogen-bond acceptors (Lipinski definition) is 6. The number of amides is 2. The standard InChI is InChI=1S/C14H9F5I3NO7S/c15-13(16,17)12(14(18,19)31(27,28)29)30-9(25)2-1-8(24)23-11(26)6-3-5(20)4-7(21)10(6)22/h3-4,12H,1-2H2,(H,23,24,26)(H,27,28,29). The molecule has 0 saturated heterocycles. The highest BCUT2D eigenvalue weighted by atomic mass is 127. The second kappa shape index (κ2) is 10.7. The summed E-state index contributed by atoms with van der Waals surface area (Å²) in [6.45, 7) is 0. The number of alkyl halides is 5. The third-order valence-electron chi connectivity index (χ3n) is 3.24. The summed E-state index contributed by atoms with van der Waals surface area (Å²) < 4.78 is 99.5. The summed E-state index contributed by atoms with van der Waals surface area (Å²) >= 11 is 5.71. The van der Waals surface area contributed by atoms with Crippen LogP contribution in [0.4, 0.5) is 22.0 Å². The summed E-state index contributed by atoms with van der Waals surface area (Å²) in [5.41, 5.74) is 0.109. The Morgan fingerprint density at radius 1 is 1.06 bits per heavy atom. The molecule has 0 aliphatic heterocycles. The van der Waals surface area contributed by atoms with Gasteiger partial charge in [-0.3, -0.25) is 24.3 Å². The quantitative estimate of drug-likeness (QED) is 0.142. The first-order valence-corrected chi connectivity index (χ1v) is 12.1. The average Bonchev–Trinajstić information content (AvgIpc) is 2.58. The number of esters is 1. The van der Waals surface area contributed by atoms with E-state index in [4.69, 9.17) is 4.55 Å². The molecule has 0 saturated carbocycles. The van der Waals surface area contributed by atoms with Gasteiger partial charge in [-0.05, 0) is 79.9 Å². The molecule has 0 fully saturated rings. The zero-order valence-electron chi connectivity index (χ0n) is 14.5. The Bertz CT molecular complexity index is 1000. The number of carbonyl (C=O) groups excluding carboxylic acids is 3. The van der Waals surface area contributed by atoms with Crippen LogP contribution >= 0.6 is 67.8 Å². The van der Waals surface area contributed by atoms with E-state index in [0.29, 0.717) is 10.7 Å². The number of rotatable bonds is 7. The third-order valence-corrected chi connectivity index (χ3v) is 7.81. The molecule has 174 valence electrons. The van der Waals surface area contributed by atoms with Gasteiger partial charge in [0.2, 0.25) is 5.91 Å². The van der Waals surface area contributed by atoms with Gasteiger partial charge >= 0.3 is 27.5 Å². The molecular weight excluding hydrogens is 802 g/mol. The molecule has 31 heavy (non-hydrogen) atoms. The largest absolute Gasteiger partial charge is 0.445 e. The summed E-state index contributed by atoms with van der Waals surface area (Å²) in [5.74, 6) is -4.01. The topological polar surface area (TPSA) is 127 Å². The molecule has 1 unspecified atom stereocenters. The molecule has 1 aromatic carbocycles. The number of halogens is 8. The molecule has 17 heteroatoms.